The second-order valence-corrected chi connectivity index (χ2v) is 18.8. The van der Waals surface area contributed by atoms with Crippen molar-refractivity contribution >= 4 is 4.35 Å². The van der Waals surface area contributed by atoms with Crippen molar-refractivity contribution in [2.75, 3.05) is 13.6 Å². The van der Waals surface area contributed by atoms with E-state index in [4.69, 9.17) is 0 Å². The van der Waals surface area contributed by atoms with Gasteiger partial charge in [-0.2, -0.15) is 0 Å². The summed E-state index contributed by atoms with van der Waals surface area (Å²) in [5, 5.41) is 0. The topological polar surface area (TPSA) is 74.8 Å². The van der Waals surface area contributed by atoms with Crippen molar-refractivity contribution in [1.82, 2.24) is 9.80 Å². The van der Waals surface area contributed by atoms with Crippen LogP contribution in [0.1, 0.15) is 6.92 Å². The first-order chi connectivity index (χ1) is 6.49. The molecule has 0 aromatic rings. The molecule has 0 unspecified atom stereocenters. The molecule has 14 heavy (non-hydrogen) atoms. The van der Waals surface area contributed by atoms with Gasteiger partial charge in [-0.15, -0.1) is 0 Å². The molecule has 0 aromatic heterocycles. The molecule has 73 valence electrons. The first kappa shape index (κ1) is 10.2. The van der Waals surface area contributed by atoms with Gasteiger partial charge in [-0.3, -0.25) is 0 Å². The fourth-order valence-corrected chi connectivity index (χ4v) is 17.8. The van der Waals surface area contributed by atoms with E-state index in [1.165, 1.54) is 7.05 Å². The zero-order valence-electron chi connectivity index (χ0n) is 7.81. The van der Waals surface area contributed by atoms with Crippen LogP contribution in [0.2, 0.25) is 0 Å². The molecular weight excluding hydrogens is 403 g/mol. The van der Waals surface area contributed by atoms with Gasteiger partial charge in [0, 0.05) is 0 Å². The van der Waals surface area contributed by atoms with E-state index < -0.39 is 39.7 Å². The van der Waals surface area contributed by atoms with Crippen molar-refractivity contribution in [3.8, 4) is 0 Å². The Bertz CT molecular complexity index is 357. The molecule has 0 N–H and O–H groups in total. The van der Waals surface area contributed by atoms with Crippen LogP contribution in [0.3, 0.4) is 0 Å². The van der Waals surface area contributed by atoms with Gasteiger partial charge in [-0.25, -0.2) is 0 Å². The van der Waals surface area contributed by atoms with E-state index in [2.05, 4.69) is 0 Å². The molecule has 2 heterocycles. The van der Waals surface area contributed by atoms with Gasteiger partial charge < -0.3 is 0 Å². The Labute approximate surface area is 88.1 Å². The molecule has 0 radical (unpaired) electrons. The van der Waals surface area contributed by atoms with Crippen LogP contribution in [0.15, 0.2) is 0 Å². The summed E-state index contributed by atoms with van der Waals surface area (Å²) >= 11 is -4.64. The molecule has 2 aliphatic rings. The number of hydrogen-bond acceptors (Lipinski definition) is 4. The summed E-state index contributed by atoms with van der Waals surface area (Å²) in [6, 6.07) is 0. The van der Waals surface area contributed by atoms with Crippen molar-refractivity contribution in [3.05, 3.63) is 0 Å². The van der Waals surface area contributed by atoms with Gasteiger partial charge in [0.2, 0.25) is 0 Å². The van der Waals surface area contributed by atoms with Crippen LogP contribution >= 0.6 is 0 Å². The van der Waals surface area contributed by atoms with Crippen LogP contribution in [0.4, 0.5) is 19.2 Å². The summed E-state index contributed by atoms with van der Waals surface area (Å²) in [6.45, 7) is 1.91. The Morgan fingerprint density at radius 2 is 1.43 bits per heavy atom. The Morgan fingerprint density at radius 3 is 1.79 bits per heavy atom. The van der Waals surface area contributed by atoms with Gasteiger partial charge in [0.25, 0.3) is 0 Å². The molecule has 0 aromatic carbocycles. The quantitative estimate of drug-likeness (QED) is 0.643. The van der Waals surface area contributed by atoms with Crippen molar-refractivity contribution in [2.45, 2.75) is 6.92 Å². The summed E-state index contributed by atoms with van der Waals surface area (Å²) in [5.41, 5.74) is 0. The molecular formula is C7H8AcN2O4. The minimum atomic E-state index is -4.64. The van der Waals surface area contributed by atoms with Gasteiger partial charge in [0.1, 0.15) is 0 Å². The third-order valence-corrected chi connectivity index (χ3v) is 20.9. The minimum absolute atomic E-state index is 0.257. The van der Waals surface area contributed by atoms with E-state index in [1.807, 2.05) is 0 Å². The molecule has 2 fully saturated rings. The number of nitrogens with zero attached hydrogens (tertiary/aromatic N) is 2. The van der Waals surface area contributed by atoms with Crippen LogP contribution in [-0.4, -0.2) is 27.7 Å². The zero-order chi connectivity index (χ0) is 10.7. The van der Waals surface area contributed by atoms with Gasteiger partial charge >= 0.3 is 89.2 Å². The van der Waals surface area contributed by atoms with E-state index in [0.717, 1.165) is 9.80 Å². The molecule has 1 spiro atoms. The van der Waals surface area contributed by atoms with Crippen LogP contribution in [0, 0.1) is 35.3 Å². The number of imide groups is 2. The Hall–Kier alpha value is -0.278. The second kappa shape index (κ2) is 2.86. The van der Waals surface area contributed by atoms with E-state index in [1.54, 1.807) is 6.92 Å². The molecule has 0 atom stereocenters. The van der Waals surface area contributed by atoms with Gasteiger partial charge in [0.15, 0.2) is 0 Å². The van der Waals surface area contributed by atoms with Crippen molar-refractivity contribution in [2.24, 2.45) is 0 Å². The van der Waals surface area contributed by atoms with Gasteiger partial charge in [0.05, 0.1) is 0 Å². The normalized spacial score (nSPS) is 24.1. The van der Waals surface area contributed by atoms with Crippen LogP contribution in [0.5, 0.6) is 0 Å². The average molecular weight is 411 g/mol. The summed E-state index contributed by atoms with van der Waals surface area (Å²) in [6.07, 6.45) is 0. The second-order valence-electron chi connectivity index (χ2n) is 3.52. The number of carbonyl (C=O) groups excluding carboxylic acids is 4. The van der Waals surface area contributed by atoms with Gasteiger partial charge in [-0.05, 0) is 0 Å². The molecule has 0 saturated carbocycles. The maximum absolute atomic E-state index is 11.5. The molecule has 7 heteroatoms. The van der Waals surface area contributed by atoms with Crippen LogP contribution in [-0.2, 0) is 0 Å². The number of amides is 4. The van der Waals surface area contributed by atoms with E-state index in [-0.39, 0.29) is 6.54 Å². The summed E-state index contributed by atoms with van der Waals surface area (Å²) in [7, 11) is 1.31. The number of rotatable bonds is 1. The van der Waals surface area contributed by atoms with Crippen molar-refractivity contribution < 1.29 is 54.5 Å². The molecule has 2 rings (SSSR count). The predicted molar refractivity (Wildman–Crippen MR) is 41.7 cm³/mol. The van der Waals surface area contributed by atoms with E-state index in [9.17, 15) is 19.2 Å². The molecule has 0 aliphatic carbocycles. The molecule has 6 nitrogen and oxygen atoms in total. The molecule has 2 aliphatic heterocycles. The maximum atomic E-state index is 11.5. The third-order valence-electron chi connectivity index (χ3n) is 2.99. The fraction of sp³-hybridized carbons (Fsp3) is 0.429. The Morgan fingerprint density at radius 1 is 1.00 bits per heavy atom. The predicted octanol–water partition coefficient (Wildman–Crippen LogP) is 0.904. The van der Waals surface area contributed by atoms with Crippen molar-refractivity contribution in [1.29, 1.82) is 0 Å². The summed E-state index contributed by atoms with van der Waals surface area (Å²) < 4.78 is -1.84. The fourth-order valence-electron chi connectivity index (χ4n) is 2.08. The van der Waals surface area contributed by atoms with Crippen molar-refractivity contribution in [3.63, 3.8) is 0 Å². The molecule has 0 bridgehead atoms. The van der Waals surface area contributed by atoms with Crippen LogP contribution in [0.25, 0.3) is 0 Å². The monoisotopic (exact) mass is 411 g/mol. The van der Waals surface area contributed by atoms with Gasteiger partial charge in [-0.1, -0.05) is 0 Å². The summed E-state index contributed by atoms with van der Waals surface area (Å²) in [5.74, 6) is 0. The molecule has 4 amide bonds. The Balaban J connectivity index is 2.39. The number of carbonyl (C=O) groups is 4. The SMILES string of the molecule is CCN1[C](=O)[Ac]2([C](=O)N(C)[C]2=O)[C]1=O. The summed E-state index contributed by atoms with van der Waals surface area (Å²) in [4.78, 5) is 47.7. The van der Waals surface area contributed by atoms with Crippen LogP contribution < -0.4 is 0 Å². The first-order valence-electron chi connectivity index (χ1n) is 4.34. The van der Waals surface area contributed by atoms with E-state index >= 15 is 0 Å². The van der Waals surface area contributed by atoms with E-state index in [0.29, 0.717) is 0 Å². The standard InChI is InChI=1S/C4H5NO2.C3H3NO2.Ac/c1-2-5(3-6)4-7;1-4(2-5)3-6;/h2H2,1H3;1H3;. The Kier molecular flexibility index (Phi) is 2.09. The zero-order valence-corrected chi connectivity index (χ0v) is 12.6. The average Bonchev–Trinajstić information content (AvgIpc) is 2.18. The third kappa shape index (κ3) is 0.774. The molecule has 2 saturated heterocycles. The first-order valence-corrected chi connectivity index (χ1v) is 13.8. The number of hydrogen-bond donors (Lipinski definition) is 0.